The molecule has 5 heteroatoms. The van der Waals surface area contributed by atoms with Crippen molar-refractivity contribution in [2.75, 3.05) is 13.1 Å². The standard InChI is InChI=1S/C14H24F3NO/c1-2-10-3-4-13(19)12(9-10)18-7-5-11(6-8-18)14(15,16)17/h10-13,19H,2-9H2,1H3. The Labute approximate surface area is 113 Å². The van der Waals surface area contributed by atoms with Crippen LogP contribution in [0.15, 0.2) is 0 Å². The number of aliphatic hydroxyl groups is 1. The third-order valence-electron chi connectivity index (χ3n) is 4.93. The van der Waals surface area contributed by atoms with Gasteiger partial charge in [0.05, 0.1) is 12.0 Å². The van der Waals surface area contributed by atoms with Gasteiger partial charge in [-0.15, -0.1) is 0 Å². The summed E-state index contributed by atoms with van der Waals surface area (Å²) in [5, 5.41) is 10.1. The lowest BCUT2D eigenvalue weighted by Gasteiger charge is -2.43. The van der Waals surface area contributed by atoms with Crippen LogP contribution in [0.1, 0.15) is 45.4 Å². The van der Waals surface area contributed by atoms with Crippen LogP contribution in [0.4, 0.5) is 13.2 Å². The molecule has 2 rings (SSSR count). The van der Waals surface area contributed by atoms with Crippen LogP contribution in [0.5, 0.6) is 0 Å². The van der Waals surface area contributed by atoms with Gasteiger partial charge < -0.3 is 5.11 Å². The van der Waals surface area contributed by atoms with Gasteiger partial charge in [-0.2, -0.15) is 13.2 Å². The minimum Gasteiger partial charge on any atom is -0.391 e. The number of hydrogen-bond acceptors (Lipinski definition) is 2. The van der Waals surface area contributed by atoms with Crippen molar-refractivity contribution in [1.29, 1.82) is 0 Å². The first-order valence-corrected chi connectivity index (χ1v) is 7.40. The van der Waals surface area contributed by atoms with Gasteiger partial charge >= 0.3 is 6.18 Å². The second kappa shape index (κ2) is 6.00. The summed E-state index contributed by atoms with van der Waals surface area (Å²) in [7, 11) is 0. The lowest BCUT2D eigenvalue weighted by molar-refractivity contribution is -0.187. The van der Waals surface area contributed by atoms with Gasteiger partial charge in [-0.3, -0.25) is 4.90 Å². The fraction of sp³-hybridized carbons (Fsp3) is 1.00. The second-order valence-corrected chi connectivity index (χ2v) is 6.07. The van der Waals surface area contributed by atoms with E-state index < -0.39 is 12.1 Å². The van der Waals surface area contributed by atoms with E-state index in [0.717, 1.165) is 25.7 Å². The van der Waals surface area contributed by atoms with Gasteiger partial charge in [0.2, 0.25) is 0 Å². The normalized spacial score (nSPS) is 35.5. The quantitative estimate of drug-likeness (QED) is 0.839. The molecule has 112 valence electrons. The molecule has 1 N–H and O–H groups in total. The molecule has 0 amide bonds. The number of piperidine rings is 1. The Morgan fingerprint density at radius 3 is 2.26 bits per heavy atom. The number of alkyl halides is 3. The minimum atomic E-state index is -4.05. The first kappa shape index (κ1) is 15.1. The molecule has 0 spiro atoms. The molecule has 1 heterocycles. The summed E-state index contributed by atoms with van der Waals surface area (Å²) in [4.78, 5) is 2.09. The summed E-state index contributed by atoms with van der Waals surface area (Å²) in [5.41, 5.74) is 0. The molecular weight excluding hydrogens is 255 g/mol. The fourth-order valence-corrected chi connectivity index (χ4v) is 3.54. The molecule has 0 radical (unpaired) electrons. The third-order valence-corrected chi connectivity index (χ3v) is 4.93. The number of hydrogen-bond donors (Lipinski definition) is 1. The molecule has 1 aliphatic heterocycles. The molecule has 3 atom stereocenters. The molecule has 19 heavy (non-hydrogen) atoms. The SMILES string of the molecule is CCC1CCC(O)C(N2CCC(C(F)(F)F)CC2)C1. The van der Waals surface area contributed by atoms with E-state index in [0.29, 0.717) is 19.0 Å². The Hall–Kier alpha value is -0.290. The van der Waals surface area contributed by atoms with Gasteiger partial charge in [-0.25, -0.2) is 0 Å². The van der Waals surface area contributed by atoms with E-state index in [-0.39, 0.29) is 25.0 Å². The zero-order valence-corrected chi connectivity index (χ0v) is 11.5. The number of halogens is 3. The van der Waals surface area contributed by atoms with Crippen LogP contribution in [-0.2, 0) is 0 Å². The van der Waals surface area contributed by atoms with Gasteiger partial charge in [0.1, 0.15) is 0 Å². The van der Waals surface area contributed by atoms with Crippen LogP contribution in [-0.4, -0.2) is 41.4 Å². The van der Waals surface area contributed by atoms with Gasteiger partial charge in [-0.05, 0) is 51.1 Å². The average molecular weight is 279 g/mol. The van der Waals surface area contributed by atoms with Gasteiger partial charge in [0.15, 0.2) is 0 Å². The minimum absolute atomic E-state index is 0.0767. The van der Waals surface area contributed by atoms with Crippen LogP contribution in [0.25, 0.3) is 0 Å². The Morgan fingerprint density at radius 1 is 1.11 bits per heavy atom. The molecule has 0 bridgehead atoms. The molecule has 3 unspecified atom stereocenters. The maximum atomic E-state index is 12.6. The topological polar surface area (TPSA) is 23.5 Å². The van der Waals surface area contributed by atoms with E-state index in [9.17, 15) is 18.3 Å². The molecule has 1 saturated carbocycles. The highest BCUT2D eigenvalue weighted by molar-refractivity contribution is 4.89. The van der Waals surface area contributed by atoms with Crippen molar-refractivity contribution in [1.82, 2.24) is 4.90 Å². The van der Waals surface area contributed by atoms with E-state index >= 15 is 0 Å². The summed E-state index contributed by atoms with van der Waals surface area (Å²) < 4.78 is 37.9. The first-order chi connectivity index (χ1) is 8.91. The summed E-state index contributed by atoms with van der Waals surface area (Å²) in [6.07, 6.45) is -0.159. The van der Waals surface area contributed by atoms with Crippen molar-refractivity contribution in [2.24, 2.45) is 11.8 Å². The van der Waals surface area contributed by atoms with Crippen LogP contribution < -0.4 is 0 Å². The smallest absolute Gasteiger partial charge is 0.391 e. The molecule has 0 aromatic heterocycles. The van der Waals surface area contributed by atoms with Gasteiger partial charge in [0.25, 0.3) is 0 Å². The van der Waals surface area contributed by atoms with Crippen LogP contribution in [0, 0.1) is 11.8 Å². The lowest BCUT2D eigenvalue weighted by atomic mass is 9.80. The molecular formula is C14H24F3NO. The molecule has 0 aromatic carbocycles. The zero-order valence-electron chi connectivity index (χ0n) is 11.5. The van der Waals surface area contributed by atoms with E-state index in [4.69, 9.17) is 0 Å². The summed E-state index contributed by atoms with van der Waals surface area (Å²) in [6, 6.07) is 0.0767. The number of likely N-dealkylation sites (tertiary alicyclic amines) is 1. The van der Waals surface area contributed by atoms with E-state index in [1.807, 2.05) is 0 Å². The van der Waals surface area contributed by atoms with Crippen molar-refractivity contribution in [3.8, 4) is 0 Å². The predicted molar refractivity (Wildman–Crippen MR) is 67.8 cm³/mol. The highest BCUT2D eigenvalue weighted by Crippen LogP contribution is 2.37. The number of rotatable bonds is 2. The third kappa shape index (κ3) is 3.63. The largest absolute Gasteiger partial charge is 0.391 e. The zero-order chi connectivity index (χ0) is 14.0. The molecule has 1 aliphatic carbocycles. The van der Waals surface area contributed by atoms with Crippen molar-refractivity contribution in [3.05, 3.63) is 0 Å². The number of aliphatic hydroxyl groups excluding tert-OH is 1. The van der Waals surface area contributed by atoms with Crippen LogP contribution in [0.3, 0.4) is 0 Å². The Bertz CT molecular complexity index is 287. The maximum absolute atomic E-state index is 12.6. The van der Waals surface area contributed by atoms with Crippen molar-refractivity contribution >= 4 is 0 Å². The molecule has 2 aliphatic rings. The molecule has 2 nitrogen and oxygen atoms in total. The molecule has 1 saturated heterocycles. The van der Waals surface area contributed by atoms with Crippen LogP contribution >= 0.6 is 0 Å². The highest BCUT2D eigenvalue weighted by Gasteiger charge is 2.43. The molecule has 0 aromatic rings. The first-order valence-electron chi connectivity index (χ1n) is 7.40. The fourth-order valence-electron chi connectivity index (χ4n) is 3.54. The van der Waals surface area contributed by atoms with E-state index in [1.54, 1.807) is 0 Å². The highest BCUT2D eigenvalue weighted by atomic mass is 19.4. The van der Waals surface area contributed by atoms with Crippen molar-refractivity contribution < 1.29 is 18.3 Å². The Morgan fingerprint density at radius 2 is 1.74 bits per heavy atom. The van der Waals surface area contributed by atoms with Gasteiger partial charge in [0, 0.05) is 6.04 Å². The summed E-state index contributed by atoms with van der Waals surface area (Å²) in [6.45, 7) is 3.10. The predicted octanol–water partition coefficient (Wildman–Crippen LogP) is 3.20. The Kier molecular flexibility index (Phi) is 4.77. The van der Waals surface area contributed by atoms with E-state index in [1.165, 1.54) is 0 Å². The second-order valence-electron chi connectivity index (χ2n) is 6.07. The molecule has 2 fully saturated rings. The Balaban J connectivity index is 1.89. The summed E-state index contributed by atoms with van der Waals surface area (Å²) >= 11 is 0. The number of nitrogens with zero attached hydrogens (tertiary/aromatic N) is 1. The van der Waals surface area contributed by atoms with Crippen molar-refractivity contribution in [3.63, 3.8) is 0 Å². The average Bonchev–Trinajstić information content (AvgIpc) is 2.38. The summed E-state index contributed by atoms with van der Waals surface area (Å²) in [5.74, 6) is -0.528. The maximum Gasteiger partial charge on any atom is 0.391 e. The van der Waals surface area contributed by atoms with Gasteiger partial charge in [-0.1, -0.05) is 13.3 Å². The van der Waals surface area contributed by atoms with E-state index in [2.05, 4.69) is 11.8 Å². The van der Waals surface area contributed by atoms with Crippen molar-refractivity contribution in [2.45, 2.75) is 63.8 Å². The lowest BCUT2D eigenvalue weighted by Crippen LogP contribution is -2.51. The van der Waals surface area contributed by atoms with Crippen LogP contribution in [0.2, 0.25) is 0 Å². The monoisotopic (exact) mass is 279 g/mol.